The summed E-state index contributed by atoms with van der Waals surface area (Å²) in [5.74, 6) is -0.500. The molecule has 0 aliphatic rings. The fourth-order valence-corrected chi connectivity index (χ4v) is 1.93. The Kier molecular flexibility index (Phi) is 5.38. The first kappa shape index (κ1) is 16.3. The van der Waals surface area contributed by atoms with Gasteiger partial charge in [0.1, 0.15) is 11.6 Å². The zero-order valence-electron chi connectivity index (χ0n) is 11.7. The molecule has 0 saturated heterocycles. The molecule has 0 bridgehead atoms. The Bertz CT molecular complexity index is 579. The third-order valence-corrected chi connectivity index (χ3v) is 2.99. The lowest BCUT2D eigenvalue weighted by atomic mass is 10.1. The van der Waals surface area contributed by atoms with Crippen molar-refractivity contribution in [3.63, 3.8) is 0 Å². The van der Waals surface area contributed by atoms with Crippen molar-refractivity contribution in [3.8, 4) is 5.75 Å². The molecule has 2 aromatic rings. The second-order valence-corrected chi connectivity index (χ2v) is 4.74. The average molecular weight is 313 g/mol. The highest BCUT2D eigenvalue weighted by Crippen LogP contribution is 2.22. The molecule has 0 heterocycles. The summed E-state index contributed by atoms with van der Waals surface area (Å²) >= 11 is 0. The van der Waals surface area contributed by atoms with Gasteiger partial charge in [-0.1, -0.05) is 24.3 Å². The number of rotatable bonds is 6. The molecule has 0 atom stereocenters. The van der Waals surface area contributed by atoms with Gasteiger partial charge in [-0.3, -0.25) is 0 Å². The van der Waals surface area contributed by atoms with Crippen LogP contribution in [0.25, 0.3) is 0 Å². The molecular weight excluding hydrogens is 298 g/mol. The Balaban J connectivity index is 1.74. The Morgan fingerprint density at radius 1 is 0.864 bits per heavy atom. The second kappa shape index (κ2) is 7.26. The van der Waals surface area contributed by atoms with Gasteiger partial charge in [0.15, 0.2) is 0 Å². The summed E-state index contributed by atoms with van der Waals surface area (Å²) in [5.41, 5.74) is 1.87. The molecule has 0 aliphatic carbocycles. The molecule has 6 heteroatoms. The quantitative estimate of drug-likeness (QED) is 0.641. The van der Waals surface area contributed by atoms with Gasteiger partial charge in [0.05, 0.1) is 0 Å². The predicted octanol–water partition coefficient (Wildman–Crippen LogP) is 4.06. The Labute approximate surface area is 125 Å². The van der Waals surface area contributed by atoms with Crippen molar-refractivity contribution in [1.82, 2.24) is 5.32 Å². The minimum absolute atomic E-state index is 0.234. The maximum absolute atomic E-state index is 12.7. The average Bonchev–Trinajstić information content (AvgIpc) is 2.45. The van der Waals surface area contributed by atoms with E-state index in [1.807, 2.05) is 0 Å². The second-order valence-electron chi connectivity index (χ2n) is 4.74. The zero-order chi connectivity index (χ0) is 16.0. The van der Waals surface area contributed by atoms with Gasteiger partial charge in [0, 0.05) is 6.54 Å². The van der Waals surface area contributed by atoms with Crippen LogP contribution in [0.2, 0.25) is 0 Å². The standard InChI is InChI=1S/C16H15F4NO/c17-14-5-1-12(2-6-14)9-10-21-11-13-3-7-15(8-4-13)22-16(18,19)20/h1-8,21H,9-11H2. The fourth-order valence-electron chi connectivity index (χ4n) is 1.93. The third-order valence-electron chi connectivity index (χ3n) is 2.99. The minimum atomic E-state index is -4.67. The first-order chi connectivity index (χ1) is 10.4. The Hall–Kier alpha value is -2.08. The molecule has 22 heavy (non-hydrogen) atoms. The van der Waals surface area contributed by atoms with E-state index < -0.39 is 6.36 Å². The molecule has 0 fully saturated rings. The maximum atomic E-state index is 12.7. The number of ether oxygens (including phenoxy) is 1. The highest BCUT2D eigenvalue weighted by atomic mass is 19.4. The topological polar surface area (TPSA) is 21.3 Å². The summed E-state index contributed by atoms with van der Waals surface area (Å²) in [4.78, 5) is 0. The molecule has 2 rings (SSSR count). The van der Waals surface area contributed by atoms with Gasteiger partial charge in [0.2, 0.25) is 0 Å². The van der Waals surface area contributed by atoms with Crippen molar-refractivity contribution in [2.24, 2.45) is 0 Å². The lowest BCUT2D eigenvalue weighted by molar-refractivity contribution is -0.274. The maximum Gasteiger partial charge on any atom is 0.573 e. The van der Waals surface area contributed by atoms with Crippen LogP contribution in [-0.4, -0.2) is 12.9 Å². The van der Waals surface area contributed by atoms with E-state index in [1.54, 1.807) is 24.3 Å². The molecule has 0 radical (unpaired) electrons. The van der Waals surface area contributed by atoms with E-state index in [-0.39, 0.29) is 11.6 Å². The van der Waals surface area contributed by atoms with Crippen LogP contribution in [0.15, 0.2) is 48.5 Å². The van der Waals surface area contributed by atoms with Gasteiger partial charge >= 0.3 is 6.36 Å². The summed E-state index contributed by atoms with van der Waals surface area (Å²) < 4.78 is 52.6. The van der Waals surface area contributed by atoms with Gasteiger partial charge in [-0.05, 0) is 48.4 Å². The van der Waals surface area contributed by atoms with Crippen molar-refractivity contribution in [1.29, 1.82) is 0 Å². The van der Waals surface area contributed by atoms with Gasteiger partial charge in [-0.15, -0.1) is 13.2 Å². The number of hydrogen-bond donors (Lipinski definition) is 1. The Morgan fingerprint density at radius 3 is 2.05 bits per heavy atom. The van der Waals surface area contributed by atoms with Crippen LogP contribution in [0.4, 0.5) is 17.6 Å². The highest BCUT2D eigenvalue weighted by molar-refractivity contribution is 5.27. The van der Waals surface area contributed by atoms with Crippen LogP contribution in [-0.2, 0) is 13.0 Å². The third kappa shape index (κ3) is 5.73. The predicted molar refractivity (Wildman–Crippen MR) is 74.9 cm³/mol. The normalized spacial score (nSPS) is 11.5. The monoisotopic (exact) mass is 313 g/mol. The molecule has 0 aromatic heterocycles. The molecular formula is C16H15F4NO. The summed E-state index contributed by atoms with van der Waals surface area (Å²) in [6.45, 7) is 1.22. The van der Waals surface area contributed by atoms with Gasteiger partial charge < -0.3 is 10.1 Å². The van der Waals surface area contributed by atoms with Gasteiger partial charge in [-0.2, -0.15) is 0 Å². The van der Waals surface area contributed by atoms with Crippen LogP contribution >= 0.6 is 0 Å². The van der Waals surface area contributed by atoms with Gasteiger partial charge in [-0.25, -0.2) is 4.39 Å². The largest absolute Gasteiger partial charge is 0.573 e. The van der Waals surface area contributed by atoms with Crippen molar-refractivity contribution in [2.75, 3.05) is 6.54 Å². The van der Waals surface area contributed by atoms with E-state index >= 15 is 0 Å². The first-order valence-corrected chi connectivity index (χ1v) is 6.72. The number of nitrogens with one attached hydrogen (secondary N) is 1. The summed E-state index contributed by atoms with van der Waals surface area (Å²) in [7, 11) is 0. The first-order valence-electron chi connectivity index (χ1n) is 6.72. The fraction of sp³-hybridized carbons (Fsp3) is 0.250. The zero-order valence-corrected chi connectivity index (χ0v) is 11.7. The van der Waals surface area contributed by atoms with E-state index in [1.165, 1.54) is 24.3 Å². The SMILES string of the molecule is Fc1ccc(CCNCc2ccc(OC(F)(F)F)cc2)cc1. The summed E-state index contributed by atoms with van der Waals surface area (Å²) in [6.07, 6.45) is -3.93. The lowest BCUT2D eigenvalue weighted by Gasteiger charge is -2.09. The molecule has 2 nitrogen and oxygen atoms in total. The molecule has 1 N–H and O–H groups in total. The summed E-state index contributed by atoms with van der Waals surface area (Å²) in [5, 5.41) is 3.18. The van der Waals surface area contributed by atoms with Crippen LogP contribution in [0.5, 0.6) is 5.75 Å². The highest BCUT2D eigenvalue weighted by Gasteiger charge is 2.30. The van der Waals surface area contributed by atoms with E-state index in [9.17, 15) is 17.6 Å². The van der Waals surface area contributed by atoms with Crippen LogP contribution in [0.3, 0.4) is 0 Å². The van der Waals surface area contributed by atoms with Crippen molar-refractivity contribution >= 4 is 0 Å². The van der Waals surface area contributed by atoms with E-state index in [0.29, 0.717) is 13.1 Å². The van der Waals surface area contributed by atoms with Crippen molar-refractivity contribution in [2.45, 2.75) is 19.3 Å². The van der Waals surface area contributed by atoms with E-state index in [2.05, 4.69) is 10.1 Å². The van der Waals surface area contributed by atoms with Crippen LogP contribution in [0.1, 0.15) is 11.1 Å². The number of hydrogen-bond acceptors (Lipinski definition) is 2. The number of alkyl halides is 3. The van der Waals surface area contributed by atoms with Crippen molar-refractivity contribution in [3.05, 3.63) is 65.5 Å². The molecule has 118 valence electrons. The minimum Gasteiger partial charge on any atom is -0.406 e. The van der Waals surface area contributed by atoms with Crippen molar-refractivity contribution < 1.29 is 22.3 Å². The van der Waals surface area contributed by atoms with E-state index in [0.717, 1.165) is 17.5 Å². The van der Waals surface area contributed by atoms with Crippen LogP contribution in [0, 0.1) is 5.82 Å². The number of benzene rings is 2. The number of halogens is 4. The molecule has 2 aromatic carbocycles. The molecule has 0 amide bonds. The van der Waals surface area contributed by atoms with Gasteiger partial charge in [0.25, 0.3) is 0 Å². The Morgan fingerprint density at radius 2 is 1.45 bits per heavy atom. The summed E-state index contributed by atoms with van der Waals surface area (Å²) in [6, 6.07) is 12.0. The smallest absolute Gasteiger partial charge is 0.406 e. The lowest BCUT2D eigenvalue weighted by Crippen LogP contribution is -2.18. The van der Waals surface area contributed by atoms with E-state index in [4.69, 9.17) is 0 Å². The molecule has 0 saturated carbocycles. The molecule has 0 unspecified atom stereocenters. The molecule has 0 spiro atoms. The van der Waals surface area contributed by atoms with Crippen LogP contribution < -0.4 is 10.1 Å². The molecule has 0 aliphatic heterocycles.